The van der Waals surface area contributed by atoms with Crippen LogP contribution in [-0.2, 0) is 13.1 Å². The summed E-state index contributed by atoms with van der Waals surface area (Å²) in [5.74, 6) is 1.78. The molecule has 0 unspecified atom stereocenters. The van der Waals surface area contributed by atoms with Crippen LogP contribution in [0.1, 0.15) is 11.1 Å². The topological polar surface area (TPSA) is 79.7 Å². The minimum atomic E-state index is -0.346. The number of quaternary nitrogens is 2. The van der Waals surface area contributed by atoms with Crippen LogP contribution in [0.3, 0.4) is 0 Å². The molecule has 3 rings (SSSR count). The van der Waals surface area contributed by atoms with Crippen molar-refractivity contribution in [1.29, 1.82) is 0 Å². The number of piperazine rings is 1. The Morgan fingerprint density at radius 1 is 0.897 bits per heavy atom. The zero-order valence-electron chi connectivity index (χ0n) is 17.2. The van der Waals surface area contributed by atoms with Gasteiger partial charge in [0.05, 0.1) is 37.9 Å². The maximum Gasteiger partial charge on any atom is 0.282 e. The standard InChI is InChI=1S/C21H27N3O5/c1-27-18-6-4-5-16(11-18)14-22-7-9-23(10-8-22)15-17-12-20(28-2)21(29-3)13-19(17)24(25)26/h4-6,11-13H,7-10,14-15H2,1-3H3/p+2. The first kappa shape index (κ1) is 20.9. The number of benzene rings is 2. The van der Waals surface area contributed by atoms with Gasteiger partial charge in [0.2, 0.25) is 0 Å². The molecule has 1 aliphatic rings. The Kier molecular flexibility index (Phi) is 6.90. The summed E-state index contributed by atoms with van der Waals surface area (Å²) in [6.45, 7) is 5.53. The number of nitrogens with one attached hydrogen (secondary N) is 2. The van der Waals surface area contributed by atoms with Crippen LogP contribution in [0.4, 0.5) is 5.69 Å². The van der Waals surface area contributed by atoms with Crippen molar-refractivity contribution >= 4 is 5.69 Å². The highest BCUT2D eigenvalue weighted by Gasteiger charge is 2.27. The Morgan fingerprint density at radius 3 is 2.10 bits per heavy atom. The fraction of sp³-hybridized carbons (Fsp3) is 0.429. The highest BCUT2D eigenvalue weighted by atomic mass is 16.6. The number of nitro groups is 1. The van der Waals surface area contributed by atoms with E-state index in [4.69, 9.17) is 14.2 Å². The first-order valence-electron chi connectivity index (χ1n) is 9.73. The highest BCUT2D eigenvalue weighted by molar-refractivity contribution is 5.54. The van der Waals surface area contributed by atoms with E-state index < -0.39 is 0 Å². The molecule has 0 aliphatic carbocycles. The molecule has 0 aromatic heterocycles. The number of nitrogens with zero attached hydrogens (tertiary/aromatic N) is 1. The van der Waals surface area contributed by atoms with Crippen molar-refractivity contribution < 1.29 is 28.9 Å². The summed E-state index contributed by atoms with van der Waals surface area (Å²) in [5, 5.41) is 11.5. The molecule has 8 nitrogen and oxygen atoms in total. The summed E-state index contributed by atoms with van der Waals surface area (Å²) in [5.41, 5.74) is 2.03. The largest absolute Gasteiger partial charge is 0.497 e. The summed E-state index contributed by atoms with van der Waals surface area (Å²) in [7, 11) is 4.71. The molecule has 1 heterocycles. The third kappa shape index (κ3) is 5.16. The second kappa shape index (κ2) is 9.58. The lowest BCUT2D eigenvalue weighted by Crippen LogP contribution is -3.27. The summed E-state index contributed by atoms with van der Waals surface area (Å²) >= 11 is 0. The van der Waals surface area contributed by atoms with Gasteiger partial charge < -0.3 is 24.0 Å². The SMILES string of the molecule is COc1cccc(C[NH+]2CC[NH+](Cc3cc(OC)c(OC)cc3[N+](=O)[O-])CC2)c1. The molecule has 0 spiro atoms. The molecular formula is C21H29N3O5+2. The van der Waals surface area contributed by atoms with Gasteiger partial charge in [-0.15, -0.1) is 0 Å². The Balaban J connectivity index is 1.63. The Morgan fingerprint density at radius 2 is 1.52 bits per heavy atom. The van der Waals surface area contributed by atoms with Crippen LogP contribution in [0, 0.1) is 10.1 Å². The van der Waals surface area contributed by atoms with Crippen molar-refractivity contribution in [2.24, 2.45) is 0 Å². The summed E-state index contributed by atoms with van der Waals surface area (Å²) in [4.78, 5) is 14.0. The maximum atomic E-state index is 11.5. The van der Waals surface area contributed by atoms with E-state index in [-0.39, 0.29) is 10.6 Å². The van der Waals surface area contributed by atoms with Gasteiger partial charge in [-0.1, -0.05) is 12.1 Å². The van der Waals surface area contributed by atoms with Crippen molar-refractivity contribution in [3.05, 3.63) is 57.6 Å². The molecule has 1 aliphatic heterocycles. The van der Waals surface area contributed by atoms with Crippen molar-refractivity contribution in [2.45, 2.75) is 13.1 Å². The van der Waals surface area contributed by atoms with Crippen LogP contribution in [-0.4, -0.2) is 52.4 Å². The maximum absolute atomic E-state index is 11.5. The number of hydrogen-bond donors (Lipinski definition) is 2. The first-order chi connectivity index (χ1) is 14.0. The highest BCUT2D eigenvalue weighted by Crippen LogP contribution is 2.34. The lowest BCUT2D eigenvalue weighted by Gasteiger charge is -2.29. The van der Waals surface area contributed by atoms with E-state index in [1.165, 1.54) is 28.5 Å². The summed E-state index contributed by atoms with van der Waals surface area (Å²) in [6, 6.07) is 11.4. The van der Waals surface area contributed by atoms with Gasteiger partial charge in [-0.05, 0) is 18.2 Å². The van der Waals surface area contributed by atoms with E-state index in [1.807, 2.05) is 12.1 Å². The third-order valence-electron chi connectivity index (χ3n) is 5.47. The van der Waals surface area contributed by atoms with Gasteiger partial charge in [-0.3, -0.25) is 10.1 Å². The molecule has 29 heavy (non-hydrogen) atoms. The van der Waals surface area contributed by atoms with Crippen molar-refractivity contribution in [2.75, 3.05) is 47.5 Å². The van der Waals surface area contributed by atoms with E-state index in [9.17, 15) is 10.1 Å². The van der Waals surface area contributed by atoms with Crippen LogP contribution in [0.5, 0.6) is 17.2 Å². The molecular weight excluding hydrogens is 374 g/mol. The van der Waals surface area contributed by atoms with Gasteiger partial charge in [0.25, 0.3) is 5.69 Å². The Bertz CT molecular complexity index is 850. The minimum Gasteiger partial charge on any atom is -0.497 e. The molecule has 0 amide bonds. The van der Waals surface area contributed by atoms with Gasteiger partial charge in [-0.25, -0.2) is 0 Å². The van der Waals surface area contributed by atoms with E-state index in [0.717, 1.165) is 38.5 Å². The fourth-order valence-electron chi connectivity index (χ4n) is 3.87. The zero-order chi connectivity index (χ0) is 20.8. The van der Waals surface area contributed by atoms with Gasteiger partial charge in [0.1, 0.15) is 45.0 Å². The van der Waals surface area contributed by atoms with Gasteiger partial charge in [-0.2, -0.15) is 0 Å². The van der Waals surface area contributed by atoms with Gasteiger partial charge >= 0.3 is 0 Å². The summed E-state index contributed by atoms with van der Waals surface area (Å²) < 4.78 is 15.8. The van der Waals surface area contributed by atoms with Crippen LogP contribution >= 0.6 is 0 Å². The van der Waals surface area contributed by atoms with Crippen LogP contribution < -0.4 is 24.0 Å². The molecule has 2 aromatic carbocycles. The summed E-state index contributed by atoms with van der Waals surface area (Å²) in [6.07, 6.45) is 0. The van der Waals surface area contributed by atoms with Crippen LogP contribution in [0.15, 0.2) is 36.4 Å². The molecule has 1 saturated heterocycles. The molecule has 0 atom stereocenters. The fourth-order valence-corrected chi connectivity index (χ4v) is 3.87. The van der Waals surface area contributed by atoms with E-state index >= 15 is 0 Å². The van der Waals surface area contributed by atoms with E-state index in [0.29, 0.717) is 23.6 Å². The lowest BCUT2D eigenvalue weighted by molar-refractivity contribution is -1.02. The van der Waals surface area contributed by atoms with Crippen molar-refractivity contribution in [3.63, 3.8) is 0 Å². The smallest absolute Gasteiger partial charge is 0.282 e. The number of methoxy groups -OCH3 is 3. The quantitative estimate of drug-likeness (QED) is 0.483. The number of nitro benzene ring substituents is 1. The van der Waals surface area contributed by atoms with E-state index in [1.54, 1.807) is 20.3 Å². The minimum absolute atomic E-state index is 0.0845. The molecule has 2 aromatic rings. The van der Waals surface area contributed by atoms with Crippen molar-refractivity contribution in [3.8, 4) is 17.2 Å². The zero-order valence-corrected chi connectivity index (χ0v) is 17.2. The average Bonchev–Trinajstić information content (AvgIpc) is 2.74. The molecule has 0 radical (unpaired) electrons. The predicted molar refractivity (Wildman–Crippen MR) is 108 cm³/mol. The molecule has 0 bridgehead atoms. The number of ether oxygens (including phenoxy) is 3. The Labute approximate surface area is 170 Å². The second-order valence-electron chi connectivity index (χ2n) is 7.30. The molecule has 156 valence electrons. The lowest BCUT2D eigenvalue weighted by atomic mass is 10.1. The molecule has 0 saturated carbocycles. The molecule has 1 fully saturated rings. The molecule has 2 N–H and O–H groups in total. The number of rotatable bonds is 8. The average molecular weight is 403 g/mol. The van der Waals surface area contributed by atoms with Crippen molar-refractivity contribution in [1.82, 2.24) is 0 Å². The van der Waals surface area contributed by atoms with Gasteiger partial charge in [0.15, 0.2) is 11.5 Å². The second-order valence-corrected chi connectivity index (χ2v) is 7.30. The van der Waals surface area contributed by atoms with E-state index in [2.05, 4.69) is 12.1 Å². The predicted octanol–water partition coefficient (Wildman–Crippen LogP) is 0.104. The van der Waals surface area contributed by atoms with Gasteiger partial charge in [0, 0.05) is 5.56 Å². The monoisotopic (exact) mass is 403 g/mol. The first-order valence-corrected chi connectivity index (χ1v) is 9.73. The Hall–Kier alpha value is -2.84. The van der Waals surface area contributed by atoms with Crippen LogP contribution in [0.25, 0.3) is 0 Å². The normalized spacial score (nSPS) is 18.9. The molecule has 8 heteroatoms. The third-order valence-corrected chi connectivity index (χ3v) is 5.47. The van der Waals surface area contributed by atoms with Crippen LogP contribution in [0.2, 0.25) is 0 Å². The number of hydrogen-bond acceptors (Lipinski definition) is 5.